The Morgan fingerprint density at radius 3 is 2.86 bits per heavy atom. The summed E-state index contributed by atoms with van der Waals surface area (Å²) in [6.45, 7) is 0.971. The van der Waals surface area contributed by atoms with Crippen molar-refractivity contribution in [3.05, 3.63) is 35.0 Å². The standard InChI is InChI=1S/C19H24N2O/c1-22-18-11-5-9-15-16(12-20-13-6-2-3-7-13)14-8-4-10-17(14)21-19(15)18/h5,9,11,13,20H,2-4,6-8,10,12H2,1H3. The van der Waals surface area contributed by atoms with Crippen molar-refractivity contribution in [2.45, 2.75) is 57.5 Å². The predicted molar refractivity (Wildman–Crippen MR) is 89.4 cm³/mol. The second-order valence-electron chi connectivity index (χ2n) is 6.59. The summed E-state index contributed by atoms with van der Waals surface area (Å²) in [5.41, 5.74) is 5.28. The van der Waals surface area contributed by atoms with E-state index in [4.69, 9.17) is 9.72 Å². The fourth-order valence-electron chi connectivity index (χ4n) is 4.10. The number of nitrogens with one attached hydrogen (secondary N) is 1. The van der Waals surface area contributed by atoms with Crippen molar-refractivity contribution in [1.29, 1.82) is 0 Å². The Morgan fingerprint density at radius 1 is 1.18 bits per heavy atom. The number of aryl methyl sites for hydroxylation is 1. The molecular formula is C19H24N2O. The van der Waals surface area contributed by atoms with Crippen molar-refractivity contribution in [3.63, 3.8) is 0 Å². The number of hydrogen-bond acceptors (Lipinski definition) is 3. The molecule has 1 fully saturated rings. The number of rotatable bonds is 4. The van der Waals surface area contributed by atoms with Gasteiger partial charge in [-0.1, -0.05) is 25.0 Å². The Bertz CT molecular complexity index is 689. The van der Waals surface area contributed by atoms with Crippen molar-refractivity contribution < 1.29 is 4.74 Å². The lowest BCUT2D eigenvalue weighted by Crippen LogP contribution is -2.26. The number of aromatic nitrogens is 1. The summed E-state index contributed by atoms with van der Waals surface area (Å²) < 4.78 is 5.54. The average molecular weight is 296 g/mol. The van der Waals surface area contributed by atoms with Crippen LogP contribution in [0.1, 0.15) is 48.9 Å². The molecule has 0 radical (unpaired) electrons. The quantitative estimate of drug-likeness (QED) is 0.932. The lowest BCUT2D eigenvalue weighted by atomic mass is 10.0. The molecule has 1 aromatic heterocycles. The Hall–Kier alpha value is -1.61. The van der Waals surface area contributed by atoms with Gasteiger partial charge < -0.3 is 10.1 Å². The SMILES string of the molecule is COc1cccc2c(CNC3CCCC3)c3c(nc12)CCC3. The largest absolute Gasteiger partial charge is 0.494 e. The Kier molecular flexibility index (Phi) is 3.75. The van der Waals surface area contributed by atoms with Gasteiger partial charge in [0.05, 0.1) is 7.11 Å². The van der Waals surface area contributed by atoms with Gasteiger partial charge in [0.25, 0.3) is 0 Å². The Labute approximate surface area is 132 Å². The van der Waals surface area contributed by atoms with Gasteiger partial charge in [-0.25, -0.2) is 4.98 Å². The van der Waals surface area contributed by atoms with E-state index in [0.29, 0.717) is 6.04 Å². The van der Waals surface area contributed by atoms with Crippen LogP contribution in [0.15, 0.2) is 18.2 Å². The van der Waals surface area contributed by atoms with Crippen molar-refractivity contribution in [3.8, 4) is 5.75 Å². The van der Waals surface area contributed by atoms with Crippen LogP contribution in [0.5, 0.6) is 5.75 Å². The van der Waals surface area contributed by atoms with Crippen LogP contribution in [0.4, 0.5) is 0 Å². The molecule has 2 aliphatic carbocycles. The monoisotopic (exact) mass is 296 g/mol. The average Bonchev–Trinajstić information content (AvgIpc) is 3.22. The molecule has 1 N–H and O–H groups in total. The van der Waals surface area contributed by atoms with E-state index in [1.54, 1.807) is 7.11 Å². The van der Waals surface area contributed by atoms with E-state index >= 15 is 0 Å². The highest BCUT2D eigenvalue weighted by Gasteiger charge is 2.22. The molecule has 0 aliphatic heterocycles. The van der Waals surface area contributed by atoms with Gasteiger partial charge in [0.2, 0.25) is 0 Å². The third-order valence-corrected chi connectivity index (χ3v) is 5.27. The zero-order valence-corrected chi connectivity index (χ0v) is 13.3. The lowest BCUT2D eigenvalue weighted by molar-refractivity contribution is 0.418. The lowest BCUT2D eigenvalue weighted by Gasteiger charge is -2.17. The summed E-state index contributed by atoms with van der Waals surface area (Å²) in [4.78, 5) is 4.91. The molecule has 4 rings (SSSR count). The van der Waals surface area contributed by atoms with E-state index in [2.05, 4.69) is 17.4 Å². The molecule has 22 heavy (non-hydrogen) atoms. The third-order valence-electron chi connectivity index (χ3n) is 5.27. The van der Waals surface area contributed by atoms with Crippen molar-refractivity contribution in [1.82, 2.24) is 10.3 Å². The molecule has 0 unspecified atom stereocenters. The van der Waals surface area contributed by atoms with Crippen LogP contribution in [0, 0.1) is 0 Å². The number of para-hydroxylation sites is 1. The van der Waals surface area contributed by atoms with Gasteiger partial charge in [0.1, 0.15) is 11.3 Å². The number of fused-ring (bicyclic) bond motifs is 2. The van der Waals surface area contributed by atoms with Crippen LogP contribution in [0.25, 0.3) is 10.9 Å². The molecule has 0 bridgehead atoms. The van der Waals surface area contributed by atoms with E-state index in [9.17, 15) is 0 Å². The molecule has 0 amide bonds. The summed E-state index contributed by atoms with van der Waals surface area (Å²) in [7, 11) is 1.74. The van der Waals surface area contributed by atoms with Crippen molar-refractivity contribution in [2.75, 3.05) is 7.11 Å². The first kappa shape index (κ1) is 14.0. The number of pyridine rings is 1. The third kappa shape index (κ3) is 2.38. The first-order valence-electron chi connectivity index (χ1n) is 8.57. The van der Waals surface area contributed by atoms with Gasteiger partial charge in [0, 0.05) is 23.7 Å². The van der Waals surface area contributed by atoms with Gasteiger partial charge in [-0.15, -0.1) is 0 Å². The maximum atomic E-state index is 5.54. The normalized spacial score (nSPS) is 18.0. The Morgan fingerprint density at radius 2 is 2.05 bits per heavy atom. The van der Waals surface area contributed by atoms with Gasteiger partial charge >= 0.3 is 0 Å². The van der Waals surface area contributed by atoms with Crippen molar-refractivity contribution in [2.24, 2.45) is 0 Å². The molecule has 0 spiro atoms. The highest BCUT2D eigenvalue weighted by Crippen LogP contribution is 2.34. The first-order valence-corrected chi connectivity index (χ1v) is 8.57. The van der Waals surface area contributed by atoms with E-state index < -0.39 is 0 Å². The summed E-state index contributed by atoms with van der Waals surface area (Å²) in [5, 5.41) is 5.06. The van der Waals surface area contributed by atoms with Crippen LogP contribution in [0.2, 0.25) is 0 Å². The molecule has 1 heterocycles. The summed E-state index contributed by atoms with van der Waals surface area (Å²) >= 11 is 0. The number of methoxy groups -OCH3 is 1. The van der Waals surface area contributed by atoms with Crippen LogP contribution in [0.3, 0.4) is 0 Å². The molecule has 0 atom stereocenters. The molecular weight excluding hydrogens is 272 g/mol. The van der Waals surface area contributed by atoms with Gasteiger partial charge in [-0.3, -0.25) is 0 Å². The van der Waals surface area contributed by atoms with Crippen molar-refractivity contribution >= 4 is 10.9 Å². The van der Waals surface area contributed by atoms with Crippen LogP contribution < -0.4 is 10.1 Å². The molecule has 0 saturated heterocycles. The maximum Gasteiger partial charge on any atom is 0.145 e. The van der Waals surface area contributed by atoms with Gasteiger partial charge in [0.15, 0.2) is 0 Å². The minimum atomic E-state index is 0.700. The van der Waals surface area contributed by atoms with E-state index in [-0.39, 0.29) is 0 Å². The summed E-state index contributed by atoms with van der Waals surface area (Å²) in [6.07, 6.45) is 8.93. The zero-order chi connectivity index (χ0) is 14.9. The smallest absolute Gasteiger partial charge is 0.145 e. The number of benzene rings is 1. The second-order valence-corrected chi connectivity index (χ2v) is 6.59. The first-order chi connectivity index (χ1) is 10.9. The molecule has 2 aromatic rings. The minimum absolute atomic E-state index is 0.700. The minimum Gasteiger partial charge on any atom is -0.494 e. The van der Waals surface area contributed by atoms with Crippen LogP contribution in [-0.4, -0.2) is 18.1 Å². The fourth-order valence-corrected chi connectivity index (χ4v) is 4.10. The molecule has 1 saturated carbocycles. The molecule has 116 valence electrons. The van der Waals surface area contributed by atoms with Crippen LogP contribution in [-0.2, 0) is 19.4 Å². The number of hydrogen-bond donors (Lipinski definition) is 1. The number of ether oxygens (including phenoxy) is 1. The Balaban J connectivity index is 1.77. The fraction of sp³-hybridized carbons (Fsp3) is 0.526. The molecule has 3 nitrogen and oxygen atoms in total. The van der Waals surface area contributed by atoms with Gasteiger partial charge in [-0.2, -0.15) is 0 Å². The zero-order valence-electron chi connectivity index (χ0n) is 13.3. The molecule has 3 heteroatoms. The van der Waals surface area contributed by atoms with Crippen LogP contribution >= 0.6 is 0 Å². The molecule has 2 aliphatic rings. The number of nitrogens with zero attached hydrogens (tertiary/aromatic N) is 1. The predicted octanol–water partition coefficient (Wildman–Crippen LogP) is 3.76. The van der Waals surface area contributed by atoms with E-state index in [1.807, 2.05) is 6.07 Å². The highest BCUT2D eigenvalue weighted by molar-refractivity contribution is 5.89. The maximum absolute atomic E-state index is 5.54. The highest BCUT2D eigenvalue weighted by atomic mass is 16.5. The summed E-state index contributed by atoms with van der Waals surface area (Å²) in [5.74, 6) is 0.898. The second kappa shape index (κ2) is 5.88. The van der Waals surface area contributed by atoms with E-state index in [0.717, 1.165) is 24.2 Å². The van der Waals surface area contributed by atoms with E-state index in [1.165, 1.54) is 60.7 Å². The molecule has 1 aromatic carbocycles. The topological polar surface area (TPSA) is 34.1 Å². The summed E-state index contributed by atoms with van der Waals surface area (Å²) in [6, 6.07) is 7.01. The van der Waals surface area contributed by atoms with Gasteiger partial charge in [-0.05, 0) is 49.3 Å².